The highest BCUT2D eigenvalue weighted by molar-refractivity contribution is 7.99. The molecule has 0 amide bonds. The lowest BCUT2D eigenvalue weighted by atomic mass is 10.1. The molecule has 112 valence electrons. The van der Waals surface area contributed by atoms with Crippen molar-refractivity contribution in [3.8, 4) is 11.4 Å². The van der Waals surface area contributed by atoms with Crippen LogP contribution in [0.15, 0.2) is 34.6 Å². The molecule has 0 atom stereocenters. The van der Waals surface area contributed by atoms with Gasteiger partial charge in [-0.2, -0.15) is 0 Å². The van der Waals surface area contributed by atoms with Crippen molar-refractivity contribution in [2.24, 2.45) is 0 Å². The van der Waals surface area contributed by atoms with Crippen molar-refractivity contribution < 1.29 is 0 Å². The number of rotatable bonds is 3. The van der Waals surface area contributed by atoms with Gasteiger partial charge in [-0.1, -0.05) is 40.4 Å². The molecule has 0 saturated heterocycles. The summed E-state index contributed by atoms with van der Waals surface area (Å²) in [6, 6.07) is 7.69. The van der Waals surface area contributed by atoms with E-state index >= 15 is 0 Å². The van der Waals surface area contributed by atoms with Gasteiger partial charge in [0.05, 0.1) is 0 Å². The molecule has 0 aliphatic carbocycles. The normalized spacial score (nSPS) is 10.9. The maximum Gasteiger partial charge on any atom is 0.216 e. The number of benzene rings is 1. The van der Waals surface area contributed by atoms with E-state index in [0.29, 0.717) is 16.1 Å². The lowest BCUT2D eigenvalue weighted by Gasteiger charge is -2.01. The van der Waals surface area contributed by atoms with E-state index in [1.165, 1.54) is 29.0 Å². The van der Waals surface area contributed by atoms with Crippen molar-refractivity contribution in [2.45, 2.75) is 24.2 Å². The van der Waals surface area contributed by atoms with Crippen LogP contribution < -0.4 is 0 Å². The van der Waals surface area contributed by atoms with Crippen molar-refractivity contribution in [2.75, 3.05) is 0 Å². The van der Waals surface area contributed by atoms with Crippen LogP contribution in [0, 0.1) is 13.8 Å². The first kappa shape index (κ1) is 15.3. The van der Waals surface area contributed by atoms with Gasteiger partial charge in [0.2, 0.25) is 5.16 Å². The molecule has 3 aromatic rings. The third kappa shape index (κ3) is 3.58. The van der Waals surface area contributed by atoms with Crippen molar-refractivity contribution in [1.82, 2.24) is 25.1 Å². The smallest absolute Gasteiger partial charge is 0.216 e. The third-order valence-corrected chi connectivity index (χ3v) is 3.90. The zero-order chi connectivity index (χ0) is 15.7. The Balaban J connectivity index is 1.87. The third-order valence-electron chi connectivity index (χ3n) is 2.79. The quantitative estimate of drug-likeness (QED) is 0.561. The number of aromatic nitrogens is 5. The van der Waals surface area contributed by atoms with Crippen LogP contribution >= 0.6 is 35.0 Å². The van der Waals surface area contributed by atoms with E-state index in [-0.39, 0.29) is 10.3 Å². The lowest BCUT2D eigenvalue weighted by molar-refractivity contribution is 0.933. The van der Waals surface area contributed by atoms with E-state index in [0.717, 1.165) is 5.56 Å². The summed E-state index contributed by atoms with van der Waals surface area (Å²) in [6.45, 7) is 4.09. The van der Waals surface area contributed by atoms with Crippen LogP contribution in [-0.4, -0.2) is 25.1 Å². The maximum absolute atomic E-state index is 5.85. The first-order valence-electron chi connectivity index (χ1n) is 6.38. The molecule has 1 N–H and O–H groups in total. The molecule has 1 aromatic carbocycles. The van der Waals surface area contributed by atoms with E-state index in [1.807, 2.05) is 13.8 Å². The summed E-state index contributed by atoms with van der Waals surface area (Å²) < 4.78 is 0. The van der Waals surface area contributed by atoms with Crippen LogP contribution in [0.2, 0.25) is 10.3 Å². The Hall–Kier alpha value is -1.63. The molecular weight excluding hydrogens is 341 g/mol. The molecule has 2 aromatic heterocycles. The van der Waals surface area contributed by atoms with Gasteiger partial charge in [0.15, 0.2) is 11.0 Å². The van der Waals surface area contributed by atoms with Crippen LogP contribution in [0.3, 0.4) is 0 Å². The maximum atomic E-state index is 5.85. The minimum atomic E-state index is 0.285. The second kappa shape index (κ2) is 6.24. The zero-order valence-corrected chi connectivity index (χ0v) is 14.1. The van der Waals surface area contributed by atoms with Crippen LogP contribution in [-0.2, 0) is 0 Å². The van der Waals surface area contributed by atoms with Crippen LogP contribution in [0.25, 0.3) is 11.4 Å². The number of H-pyrrole nitrogens is 1. The lowest BCUT2D eigenvalue weighted by Crippen LogP contribution is -1.88. The number of nitrogens with one attached hydrogen (secondary N) is 1. The zero-order valence-electron chi connectivity index (χ0n) is 11.8. The van der Waals surface area contributed by atoms with Gasteiger partial charge in [0, 0.05) is 11.6 Å². The minimum absolute atomic E-state index is 0.285. The molecule has 0 fully saturated rings. The molecule has 22 heavy (non-hydrogen) atoms. The molecule has 0 radical (unpaired) electrons. The standard InChI is InChI=1S/C14H11Cl2N5S/c1-7-3-8(2)5-9(4-7)12-19-14(21-20-12)22-13-17-10(15)6-11(16)18-13/h3-6H,1-2H3,(H,19,20,21). The van der Waals surface area contributed by atoms with Gasteiger partial charge in [-0.05, 0) is 37.7 Å². The first-order valence-corrected chi connectivity index (χ1v) is 7.96. The summed E-state index contributed by atoms with van der Waals surface area (Å²) in [5.41, 5.74) is 3.33. The average Bonchev–Trinajstić information content (AvgIpc) is 2.84. The molecule has 3 rings (SSSR count). The van der Waals surface area contributed by atoms with Crippen LogP contribution in [0.5, 0.6) is 0 Å². The average molecular weight is 352 g/mol. The summed E-state index contributed by atoms with van der Waals surface area (Å²) in [7, 11) is 0. The summed E-state index contributed by atoms with van der Waals surface area (Å²) in [6.07, 6.45) is 0. The molecule has 0 aliphatic rings. The Kier molecular flexibility index (Phi) is 4.33. The number of nitrogens with zero attached hydrogens (tertiary/aromatic N) is 4. The molecule has 0 spiro atoms. The van der Waals surface area contributed by atoms with Gasteiger partial charge >= 0.3 is 0 Å². The van der Waals surface area contributed by atoms with Crippen LogP contribution in [0.4, 0.5) is 0 Å². The topological polar surface area (TPSA) is 67.3 Å². The molecule has 0 unspecified atom stereocenters. The Morgan fingerprint density at radius 2 is 1.50 bits per heavy atom. The van der Waals surface area contributed by atoms with Gasteiger partial charge in [-0.15, -0.1) is 5.10 Å². The minimum Gasteiger partial charge on any atom is -0.258 e. The number of halogens is 2. The molecule has 0 aliphatic heterocycles. The first-order chi connectivity index (χ1) is 10.5. The highest BCUT2D eigenvalue weighted by Gasteiger charge is 2.11. The second-order valence-electron chi connectivity index (χ2n) is 4.74. The largest absolute Gasteiger partial charge is 0.258 e. The summed E-state index contributed by atoms with van der Waals surface area (Å²) in [5, 5.41) is 8.57. The Morgan fingerprint density at radius 3 is 2.14 bits per heavy atom. The monoisotopic (exact) mass is 351 g/mol. The number of hydrogen-bond donors (Lipinski definition) is 1. The summed E-state index contributed by atoms with van der Waals surface area (Å²) in [5.74, 6) is 0.697. The highest BCUT2D eigenvalue weighted by Crippen LogP contribution is 2.26. The van der Waals surface area contributed by atoms with Gasteiger partial charge in [0.1, 0.15) is 10.3 Å². The number of aryl methyl sites for hydroxylation is 2. The van der Waals surface area contributed by atoms with Gasteiger partial charge in [-0.25, -0.2) is 15.0 Å². The molecule has 0 bridgehead atoms. The fourth-order valence-corrected chi connectivity index (χ4v) is 3.23. The SMILES string of the molecule is Cc1cc(C)cc(-c2nc(Sc3nc(Cl)cc(Cl)n3)n[nH]2)c1. The van der Waals surface area contributed by atoms with Gasteiger partial charge < -0.3 is 0 Å². The van der Waals surface area contributed by atoms with E-state index in [4.69, 9.17) is 23.2 Å². The molecule has 8 heteroatoms. The summed E-state index contributed by atoms with van der Waals surface area (Å²) >= 11 is 12.9. The molecule has 5 nitrogen and oxygen atoms in total. The predicted molar refractivity (Wildman–Crippen MR) is 87.5 cm³/mol. The predicted octanol–water partition coefficient (Wildman–Crippen LogP) is 4.34. The number of aromatic amines is 1. The van der Waals surface area contributed by atoms with Crippen molar-refractivity contribution in [1.29, 1.82) is 0 Å². The number of hydrogen-bond acceptors (Lipinski definition) is 5. The van der Waals surface area contributed by atoms with Crippen molar-refractivity contribution in [3.05, 3.63) is 45.7 Å². The Labute approximate surface area is 141 Å². The fraction of sp³-hybridized carbons (Fsp3) is 0.143. The van der Waals surface area contributed by atoms with E-state index < -0.39 is 0 Å². The fourth-order valence-electron chi connectivity index (χ4n) is 2.03. The van der Waals surface area contributed by atoms with E-state index in [2.05, 4.69) is 43.3 Å². The van der Waals surface area contributed by atoms with Gasteiger partial charge in [0.25, 0.3) is 0 Å². The summed E-state index contributed by atoms with van der Waals surface area (Å²) in [4.78, 5) is 12.6. The molecule has 2 heterocycles. The molecule has 0 saturated carbocycles. The van der Waals surface area contributed by atoms with E-state index in [9.17, 15) is 0 Å². The Morgan fingerprint density at radius 1 is 0.864 bits per heavy atom. The van der Waals surface area contributed by atoms with Crippen molar-refractivity contribution in [3.63, 3.8) is 0 Å². The second-order valence-corrected chi connectivity index (χ2v) is 6.45. The highest BCUT2D eigenvalue weighted by atomic mass is 35.5. The molecular formula is C14H11Cl2N5S. The van der Waals surface area contributed by atoms with Crippen molar-refractivity contribution >= 4 is 35.0 Å². The van der Waals surface area contributed by atoms with E-state index in [1.54, 1.807) is 0 Å². The Bertz CT molecular complexity index is 793. The van der Waals surface area contributed by atoms with Gasteiger partial charge in [-0.3, -0.25) is 5.10 Å². The van der Waals surface area contributed by atoms with Crippen LogP contribution in [0.1, 0.15) is 11.1 Å².